The van der Waals surface area contributed by atoms with E-state index in [4.69, 9.17) is 22.7 Å². The van der Waals surface area contributed by atoms with Crippen LogP contribution in [0, 0.1) is 5.41 Å². The van der Waals surface area contributed by atoms with Crippen molar-refractivity contribution in [2.24, 2.45) is 5.73 Å². The molecule has 0 aliphatic rings. The molecule has 0 heterocycles. The number of hydrogen-bond acceptors (Lipinski definition) is 2. The molecule has 0 saturated carbocycles. The topological polar surface area (TPSA) is 49.9 Å². The minimum atomic E-state index is 0.419. The highest BCUT2D eigenvalue weighted by molar-refractivity contribution is 6.32. The average Bonchev–Trinajstić information content (AvgIpc) is 2.42. The van der Waals surface area contributed by atoms with Crippen LogP contribution >= 0.6 is 11.6 Å². The Hall–Kier alpha value is -2.06. The second-order valence-corrected chi connectivity index (χ2v) is 4.74. The molecule has 0 aromatic heterocycles. The van der Waals surface area contributed by atoms with Crippen molar-refractivity contribution in [3.05, 3.63) is 76.4 Å². The molecule has 0 saturated heterocycles. The Balaban J connectivity index is 2.46. The highest BCUT2D eigenvalue weighted by Gasteiger charge is 2.12. The predicted molar refractivity (Wildman–Crippen MR) is 81.5 cm³/mol. The first-order valence-electron chi connectivity index (χ1n) is 5.96. The molecule has 0 amide bonds. The van der Waals surface area contributed by atoms with Crippen molar-refractivity contribution in [2.45, 2.75) is 6.92 Å². The lowest BCUT2D eigenvalue weighted by molar-refractivity contribution is 1.32. The Morgan fingerprint density at radius 2 is 1.53 bits per heavy atom. The number of hydrogen-bond donors (Lipinski definition) is 2. The third-order valence-electron chi connectivity index (χ3n) is 2.84. The summed E-state index contributed by atoms with van der Waals surface area (Å²) in [5.41, 5.74) is 9.48. The van der Waals surface area contributed by atoms with Gasteiger partial charge in [-0.1, -0.05) is 54.1 Å². The summed E-state index contributed by atoms with van der Waals surface area (Å²) in [6.07, 6.45) is 0. The van der Waals surface area contributed by atoms with Gasteiger partial charge in [-0.05, 0) is 24.6 Å². The maximum absolute atomic E-state index is 8.34. The summed E-state index contributed by atoms with van der Waals surface area (Å²) in [7, 11) is 0. The molecule has 0 unspecified atom stereocenters. The highest BCUT2D eigenvalue weighted by atomic mass is 35.5. The van der Waals surface area contributed by atoms with Crippen LogP contribution in [0.25, 0.3) is 5.57 Å². The van der Waals surface area contributed by atoms with Gasteiger partial charge in [0.25, 0.3) is 0 Å². The largest absolute Gasteiger partial charge is 0.402 e. The van der Waals surface area contributed by atoms with E-state index in [2.05, 4.69) is 0 Å². The summed E-state index contributed by atoms with van der Waals surface area (Å²) in [4.78, 5) is 0. The smallest absolute Gasteiger partial charge is 0.0707 e. The van der Waals surface area contributed by atoms with Crippen LogP contribution in [-0.2, 0) is 0 Å². The Labute approximate surface area is 118 Å². The van der Waals surface area contributed by atoms with E-state index in [1.165, 1.54) is 0 Å². The number of benzene rings is 2. The first-order chi connectivity index (χ1) is 9.09. The van der Waals surface area contributed by atoms with Gasteiger partial charge in [-0.2, -0.15) is 0 Å². The van der Waals surface area contributed by atoms with Crippen molar-refractivity contribution in [2.75, 3.05) is 0 Å². The Bertz CT molecular complexity index is 609. The number of rotatable bonds is 3. The number of nitrogens with one attached hydrogen (secondary N) is 1. The van der Waals surface area contributed by atoms with E-state index >= 15 is 0 Å². The maximum Gasteiger partial charge on any atom is 0.0707 e. The zero-order valence-electron chi connectivity index (χ0n) is 10.7. The monoisotopic (exact) mass is 270 g/mol. The van der Waals surface area contributed by atoms with E-state index in [1.807, 2.05) is 42.5 Å². The molecule has 96 valence electrons. The molecule has 2 rings (SSSR count). The third-order valence-corrected chi connectivity index (χ3v) is 3.09. The van der Waals surface area contributed by atoms with Crippen LogP contribution in [0.15, 0.2) is 60.3 Å². The van der Waals surface area contributed by atoms with Crippen LogP contribution in [0.3, 0.4) is 0 Å². The molecule has 3 N–H and O–H groups in total. The Kier molecular flexibility index (Phi) is 4.03. The molecular formula is C16H15ClN2. The highest BCUT2D eigenvalue weighted by Crippen LogP contribution is 2.23. The van der Waals surface area contributed by atoms with Crippen molar-refractivity contribution < 1.29 is 0 Å². The zero-order chi connectivity index (χ0) is 13.8. The molecule has 19 heavy (non-hydrogen) atoms. The lowest BCUT2D eigenvalue weighted by atomic mass is 9.94. The second kappa shape index (κ2) is 5.72. The van der Waals surface area contributed by atoms with Gasteiger partial charge in [0.15, 0.2) is 0 Å². The zero-order valence-corrected chi connectivity index (χ0v) is 11.4. The van der Waals surface area contributed by atoms with Crippen molar-refractivity contribution in [1.82, 2.24) is 0 Å². The lowest BCUT2D eigenvalue weighted by Gasteiger charge is -2.12. The normalized spacial score (nSPS) is 11.9. The summed E-state index contributed by atoms with van der Waals surface area (Å²) in [5.74, 6) is 0. The summed E-state index contributed by atoms with van der Waals surface area (Å²) in [6, 6.07) is 16.9. The number of allylic oxidation sites excluding steroid dienone is 2. The Morgan fingerprint density at radius 3 is 2.05 bits per heavy atom. The van der Waals surface area contributed by atoms with Crippen molar-refractivity contribution >= 4 is 22.9 Å². The van der Waals surface area contributed by atoms with Crippen LogP contribution in [0.2, 0.25) is 5.02 Å². The first kappa shape index (κ1) is 13.4. The van der Waals surface area contributed by atoms with Crippen molar-refractivity contribution in [3.63, 3.8) is 0 Å². The van der Waals surface area contributed by atoms with Crippen LogP contribution in [0.4, 0.5) is 0 Å². The van der Waals surface area contributed by atoms with Gasteiger partial charge >= 0.3 is 0 Å². The number of halogens is 1. The lowest BCUT2D eigenvalue weighted by Crippen LogP contribution is -2.09. The Morgan fingerprint density at radius 1 is 0.947 bits per heavy atom. The van der Waals surface area contributed by atoms with E-state index in [0.29, 0.717) is 16.4 Å². The molecule has 2 nitrogen and oxygen atoms in total. The fourth-order valence-corrected chi connectivity index (χ4v) is 2.06. The molecule has 0 bridgehead atoms. The molecule has 0 spiro atoms. The molecule has 0 atom stereocenters. The number of nitrogens with two attached hydrogens (primary N) is 1. The maximum atomic E-state index is 8.34. The fraction of sp³-hybridized carbons (Fsp3) is 0.0625. The van der Waals surface area contributed by atoms with E-state index in [9.17, 15) is 0 Å². The van der Waals surface area contributed by atoms with Gasteiger partial charge in [0.05, 0.1) is 5.71 Å². The third kappa shape index (κ3) is 3.04. The van der Waals surface area contributed by atoms with Gasteiger partial charge in [0.2, 0.25) is 0 Å². The van der Waals surface area contributed by atoms with Gasteiger partial charge in [-0.15, -0.1) is 0 Å². The van der Waals surface area contributed by atoms with Gasteiger partial charge in [0, 0.05) is 21.9 Å². The SMILES string of the molecule is C/C(N)=C(/C(=N)c1ccccc1)c1ccc(Cl)cc1. The van der Waals surface area contributed by atoms with E-state index in [-0.39, 0.29) is 0 Å². The summed E-state index contributed by atoms with van der Waals surface area (Å²) in [5, 5.41) is 9.01. The molecule has 0 fully saturated rings. The van der Waals surface area contributed by atoms with Gasteiger partial charge in [-0.25, -0.2) is 0 Å². The standard InChI is InChI=1S/C16H15ClN2/c1-11(18)15(12-7-9-14(17)10-8-12)16(19)13-5-3-2-4-6-13/h2-10,19H,18H2,1H3/b15-11-,19-16?. The minimum Gasteiger partial charge on any atom is -0.402 e. The quantitative estimate of drug-likeness (QED) is 0.811. The van der Waals surface area contributed by atoms with E-state index in [0.717, 1.165) is 16.7 Å². The molecule has 2 aromatic carbocycles. The van der Waals surface area contributed by atoms with Crippen LogP contribution in [-0.4, -0.2) is 5.71 Å². The summed E-state index contributed by atoms with van der Waals surface area (Å²) in [6.45, 7) is 1.81. The van der Waals surface area contributed by atoms with E-state index in [1.54, 1.807) is 19.1 Å². The molecule has 0 aliphatic carbocycles. The van der Waals surface area contributed by atoms with Gasteiger partial charge in [-0.3, -0.25) is 5.41 Å². The van der Waals surface area contributed by atoms with Crippen LogP contribution in [0.5, 0.6) is 0 Å². The van der Waals surface area contributed by atoms with Gasteiger partial charge in [0.1, 0.15) is 0 Å². The molecule has 3 heteroatoms. The van der Waals surface area contributed by atoms with Crippen LogP contribution in [0.1, 0.15) is 18.1 Å². The van der Waals surface area contributed by atoms with Crippen molar-refractivity contribution in [1.29, 1.82) is 5.41 Å². The van der Waals surface area contributed by atoms with Crippen LogP contribution < -0.4 is 5.73 Å². The van der Waals surface area contributed by atoms with Crippen molar-refractivity contribution in [3.8, 4) is 0 Å². The van der Waals surface area contributed by atoms with Gasteiger partial charge < -0.3 is 5.73 Å². The van der Waals surface area contributed by atoms with E-state index < -0.39 is 0 Å². The average molecular weight is 271 g/mol. The summed E-state index contributed by atoms with van der Waals surface area (Å²) < 4.78 is 0. The predicted octanol–water partition coefficient (Wildman–Crippen LogP) is 4.10. The molecule has 0 aliphatic heterocycles. The second-order valence-electron chi connectivity index (χ2n) is 4.31. The fourth-order valence-electron chi connectivity index (χ4n) is 1.93. The summed E-state index contributed by atoms with van der Waals surface area (Å²) >= 11 is 5.89. The molecule has 2 aromatic rings. The first-order valence-corrected chi connectivity index (χ1v) is 6.34. The minimum absolute atomic E-state index is 0.419. The molecular weight excluding hydrogens is 256 g/mol. The molecule has 0 radical (unpaired) electrons.